The van der Waals surface area contributed by atoms with Crippen LogP contribution in [0.5, 0.6) is 0 Å². The molecule has 0 bridgehead atoms. The molecule has 0 aliphatic carbocycles. The van der Waals surface area contributed by atoms with Gasteiger partial charge in [0.25, 0.3) is 5.69 Å². The third kappa shape index (κ3) is 3.35. The molecular weight excluding hydrogens is 252 g/mol. The third-order valence-electron chi connectivity index (χ3n) is 2.30. The summed E-state index contributed by atoms with van der Waals surface area (Å²) in [4.78, 5) is 32.2. The van der Waals surface area contributed by atoms with Crippen LogP contribution in [-0.4, -0.2) is 23.8 Å². The highest BCUT2D eigenvalue weighted by molar-refractivity contribution is 5.83. The molecule has 0 unspecified atom stereocenters. The number of nitrogens with zero attached hydrogens (tertiary/aromatic N) is 2. The van der Waals surface area contributed by atoms with Gasteiger partial charge in [-0.3, -0.25) is 19.7 Å². The molecule has 7 nitrogen and oxygen atoms in total. The Morgan fingerprint density at radius 1 is 1.58 bits per heavy atom. The maximum absolute atomic E-state index is 11.3. The maximum atomic E-state index is 11.3. The number of nitriles is 1. The molecule has 0 N–H and O–H groups in total. The van der Waals surface area contributed by atoms with Gasteiger partial charge in [-0.2, -0.15) is 5.26 Å². The smallest absolute Gasteiger partial charge is 0.310 e. The van der Waals surface area contributed by atoms with Crippen LogP contribution in [0.4, 0.5) is 5.69 Å². The summed E-state index contributed by atoms with van der Waals surface area (Å²) in [6.45, 7) is 1.83. The second-order valence-corrected chi connectivity index (χ2v) is 3.55. The maximum Gasteiger partial charge on any atom is 0.310 e. The molecule has 0 radical (unpaired) electrons. The zero-order valence-corrected chi connectivity index (χ0v) is 10.1. The highest BCUT2D eigenvalue weighted by Crippen LogP contribution is 2.23. The van der Waals surface area contributed by atoms with Crippen molar-refractivity contribution in [1.82, 2.24) is 0 Å². The van der Waals surface area contributed by atoms with Crippen molar-refractivity contribution in [2.45, 2.75) is 13.3 Å². The van der Waals surface area contributed by atoms with Crippen molar-refractivity contribution in [3.05, 3.63) is 38.9 Å². The first-order valence-electron chi connectivity index (χ1n) is 5.35. The molecule has 1 aromatic rings. The van der Waals surface area contributed by atoms with Gasteiger partial charge in [0, 0.05) is 11.6 Å². The normalized spacial score (nSPS) is 9.47. The summed E-state index contributed by atoms with van der Waals surface area (Å²) in [6, 6.07) is 3.99. The first-order valence-corrected chi connectivity index (χ1v) is 5.35. The van der Waals surface area contributed by atoms with Gasteiger partial charge in [-0.05, 0) is 18.6 Å². The molecule has 0 fully saturated rings. The predicted molar refractivity (Wildman–Crippen MR) is 63.5 cm³/mol. The monoisotopic (exact) mass is 262 g/mol. The van der Waals surface area contributed by atoms with E-state index in [1.807, 2.05) is 0 Å². The lowest BCUT2D eigenvalue weighted by molar-refractivity contribution is -0.385. The Labute approximate surface area is 108 Å². The van der Waals surface area contributed by atoms with E-state index in [9.17, 15) is 19.7 Å². The van der Waals surface area contributed by atoms with Gasteiger partial charge in [0.1, 0.15) is 11.6 Å². The molecule has 0 heterocycles. The van der Waals surface area contributed by atoms with Crippen LogP contribution in [0.2, 0.25) is 0 Å². The minimum absolute atomic E-state index is 0.115. The molecule has 7 heteroatoms. The lowest BCUT2D eigenvalue weighted by Gasteiger charge is -2.04. The summed E-state index contributed by atoms with van der Waals surface area (Å²) in [5, 5.41) is 19.7. The van der Waals surface area contributed by atoms with E-state index in [4.69, 9.17) is 10.00 Å². The van der Waals surface area contributed by atoms with Crippen LogP contribution in [0.15, 0.2) is 12.1 Å². The standard InChI is InChI=1S/C12H10N2O5/c1-2-19-12(16)5-8-3-9(7-15)10(6-13)11(4-8)14(17)18/h3-4,7H,2,5H2,1H3. The first kappa shape index (κ1) is 14.3. The van der Waals surface area contributed by atoms with E-state index >= 15 is 0 Å². The Balaban J connectivity index is 3.26. The Kier molecular flexibility index (Phi) is 4.71. The number of carbonyl (C=O) groups excluding carboxylic acids is 2. The Hall–Kier alpha value is -2.75. The quantitative estimate of drug-likeness (QED) is 0.343. The molecule has 0 spiro atoms. The van der Waals surface area contributed by atoms with E-state index < -0.39 is 16.6 Å². The van der Waals surface area contributed by atoms with Crippen LogP contribution in [0.1, 0.15) is 28.4 Å². The van der Waals surface area contributed by atoms with Crippen molar-refractivity contribution >= 4 is 17.9 Å². The van der Waals surface area contributed by atoms with E-state index in [0.29, 0.717) is 6.29 Å². The van der Waals surface area contributed by atoms with E-state index in [2.05, 4.69) is 0 Å². The van der Waals surface area contributed by atoms with Gasteiger partial charge in [0.15, 0.2) is 6.29 Å². The number of esters is 1. The van der Waals surface area contributed by atoms with Crippen molar-refractivity contribution in [1.29, 1.82) is 5.26 Å². The van der Waals surface area contributed by atoms with Crippen molar-refractivity contribution in [3.8, 4) is 6.07 Å². The number of hydrogen-bond donors (Lipinski definition) is 0. The van der Waals surface area contributed by atoms with Crippen LogP contribution >= 0.6 is 0 Å². The molecule has 1 aromatic carbocycles. The number of benzene rings is 1. The highest BCUT2D eigenvalue weighted by Gasteiger charge is 2.20. The van der Waals surface area contributed by atoms with Gasteiger partial charge < -0.3 is 4.74 Å². The number of nitro groups is 1. The van der Waals surface area contributed by atoms with Gasteiger partial charge in [0.05, 0.1) is 18.0 Å². The zero-order chi connectivity index (χ0) is 14.4. The van der Waals surface area contributed by atoms with Gasteiger partial charge in [-0.15, -0.1) is 0 Å². The number of ether oxygens (including phenoxy) is 1. The largest absolute Gasteiger partial charge is 0.466 e. The number of hydrogen-bond acceptors (Lipinski definition) is 6. The van der Waals surface area contributed by atoms with E-state index in [-0.39, 0.29) is 29.7 Å². The molecule has 0 saturated carbocycles. The molecule has 0 aromatic heterocycles. The number of nitro benzene ring substituents is 1. The minimum Gasteiger partial charge on any atom is -0.466 e. The van der Waals surface area contributed by atoms with Crippen molar-refractivity contribution < 1.29 is 19.2 Å². The summed E-state index contributed by atoms with van der Waals surface area (Å²) in [5.74, 6) is -0.557. The Morgan fingerprint density at radius 3 is 2.74 bits per heavy atom. The van der Waals surface area contributed by atoms with Crippen molar-refractivity contribution in [3.63, 3.8) is 0 Å². The number of rotatable bonds is 5. The van der Waals surface area contributed by atoms with Crippen LogP contribution in [-0.2, 0) is 16.0 Å². The number of aldehydes is 1. The topological polar surface area (TPSA) is 110 Å². The fraction of sp³-hybridized carbons (Fsp3) is 0.250. The lowest BCUT2D eigenvalue weighted by atomic mass is 10.0. The summed E-state index contributed by atoms with van der Waals surface area (Å²) in [6.07, 6.45) is 0.154. The first-order chi connectivity index (χ1) is 9.03. The van der Waals surface area contributed by atoms with E-state index in [1.165, 1.54) is 6.07 Å². The van der Waals surface area contributed by atoms with Gasteiger partial charge in [0.2, 0.25) is 0 Å². The van der Waals surface area contributed by atoms with Crippen LogP contribution < -0.4 is 0 Å². The average Bonchev–Trinajstić information content (AvgIpc) is 2.37. The molecule has 0 saturated heterocycles. The summed E-state index contributed by atoms with van der Waals surface area (Å²) in [7, 11) is 0. The predicted octanol–water partition coefficient (Wildman–Crippen LogP) is 1.38. The fourth-order valence-corrected chi connectivity index (χ4v) is 1.55. The highest BCUT2D eigenvalue weighted by atomic mass is 16.6. The van der Waals surface area contributed by atoms with E-state index in [0.717, 1.165) is 6.07 Å². The zero-order valence-electron chi connectivity index (χ0n) is 10.1. The van der Waals surface area contributed by atoms with Crippen LogP contribution in [0.3, 0.4) is 0 Å². The second-order valence-electron chi connectivity index (χ2n) is 3.55. The van der Waals surface area contributed by atoms with Crippen molar-refractivity contribution in [2.24, 2.45) is 0 Å². The molecule has 0 aliphatic heterocycles. The molecule has 1 rings (SSSR count). The molecule has 19 heavy (non-hydrogen) atoms. The Bertz CT molecular complexity index is 574. The van der Waals surface area contributed by atoms with Gasteiger partial charge in [-0.25, -0.2) is 0 Å². The molecule has 98 valence electrons. The summed E-state index contributed by atoms with van der Waals surface area (Å²) < 4.78 is 4.71. The second kappa shape index (κ2) is 6.26. The third-order valence-corrected chi connectivity index (χ3v) is 2.30. The summed E-state index contributed by atoms with van der Waals surface area (Å²) in [5.41, 5.74) is -0.666. The molecule has 0 amide bonds. The molecule has 0 atom stereocenters. The number of carbonyl (C=O) groups is 2. The fourth-order valence-electron chi connectivity index (χ4n) is 1.55. The summed E-state index contributed by atoms with van der Waals surface area (Å²) >= 11 is 0. The lowest BCUT2D eigenvalue weighted by Crippen LogP contribution is -2.09. The molecular formula is C12H10N2O5. The van der Waals surface area contributed by atoms with E-state index in [1.54, 1.807) is 13.0 Å². The Morgan fingerprint density at radius 2 is 2.26 bits per heavy atom. The van der Waals surface area contributed by atoms with Gasteiger partial charge in [-0.1, -0.05) is 0 Å². The van der Waals surface area contributed by atoms with Crippen LogP contribution in [0.25, 0.3) is 0 Å². The SMILES string of the molecule is CCOC(=O)Cc1cc(C=O)c(C#N)c([N+](=O)[O-])c1. The average molecular weight is 262 g/mol. The molecule has 0 aliphatic rings. The van der Waals surface area contributed by atoms with Crippen molar-refractivity contribution in [2.75, 3.05) is 6.61 Å². The minimum atomic E-state index is -0.764. The van der Waals surface area contributed by atoms with Gasteiger partial charge >= 0.3 is 5.97 Å². The van der Waals surface area contributed by atoms with Crippen LogP contribution in [0, 0.1) is 21.4 Å².